The normalized spacial score (nSPS) is 22.5. The second kappa shape index (κ2) is 7.79. The number of rotatable bonds is 4. The van der Waals surface area contributed by atoms with E-state index in [0.29, 0.717) is 47.5 Å². The van der Waals surface area contributed by atoms with Crippen molar-refractivity contribution in [3.05, 3.63) is 29.8 Å². The molecule has 3 atom stereocenters. The van der Waals surface area contributed by atoms with Gasteiger partial charge in [0.05, 0.1) is 11.3 Å². The summed E-state index contributed by atoms with van der Waals surface area (Å²) in [4.78, 5) is 28.2. The van der Waals surface area contributed by atoms with Gasteiger partial charge in [-0.3, -0.25) is 5.32 Å². The van der Waals surface area contributed by atoms with Crippen molar-refractivity contribution in [1.29, 1.82) is 5.26 Å². The second-order valence-corrected chi connectivity index (χ2v) is 8.89. The van der Waals surface area contributed by atoms with E-state index in [1.807, 2.05) is 24.2 Å². The molecule has 4 heterocycles. The lowest BCUT2D eigenvalue weighted by molar-refractivity contribution is 0.218. The number of carbonyl (C=O) groups is 1. The Labute approximate surface area is 182 Å². The third-order valence-electron chi connectivity index (χ3n) is 6.42. The highest BCUT2D eigenvalue weighted by atomic mass is 32.1. The van der Waals surface area contributed by atoms with Gasteiger partial charge in [-0.15, -0.1) is 0 Å². The molecule has 5 rings (SSSR count). The molecule has 11 heteroatoms. The minimum absolute atomic E-state index is 0.171. The average molecular weight is 439 g/mol. The summed E-state index contributed by atoms with van der Waals surface area (Å²) in [5.41, 5.74) is 2.28. The molecule has 31 heavy (non-hydrogen) atoms. The number of urea groups is 1. The van der Waals surface area contributed by atoms with E-state index in [-0.39, 0.29) is 12.6 Å². The van der Waals surface area contributed by atoms with Crippen molar-refractivity contribution in [3.8, 4) is 6.07 Å². The zero-order chi connectivity index (χ0) is 21.5. The monoisotopic (exact) mass is 438 g/mol. The Hall–Kier alpha value is -3.23. The van der Waals surface area contributed by atoms with Gasteiger partial charge in [0, 0.05) is 55.5 Å². The Bertz CT molecular complexity index is 1150. The van der Waals surface area contributed by atoms with E-state index in [9.17, 15) is 10.1 Å². The molecule has 0 spiro atoms. The summed E-state index contributed by atoms with van der Waals surface area (Å²) in [7, 11) is 2.05. The third-order valence-corrected chi connectivity index (χ3v) is 7.08. The highest BCUT2D eigenvalue weighted by Crippen LogP contribution is 2.42. The molecule has 3 aromatic heterocycles. The van der Waals surface area contributed by atoms with Gasteiger partial charge in [-0.25, -0.2) is 14.8 Å². The molecule has 1 aliphatic heterocycles. The number of hydrogen-bond donors (Lipinski definition) is 3. The fourth-order valence-electron chi connectivity index (χ4n) is 4.93. The van der Waals surface area contributed by atoms with Crippen molar-refractivity contribution < 1.29 is 9.90 Å². The maximum atomic E-state index is 12.6. The van der Waals surface area contributed by atoms with Crippen LogP contribution >= 0.6 is 11.5 Å². The zero-order valence-electron chi connectivity index (χ0n) is 16.9. The largest absolute Gasteiger partial charge is 0.388 e. The summed E-state index contributed by atoms with van der Waals surface area (Å²) in [6.45, 7) is 1.16. The molecule has 10 nitrogen and oxygen atoms in total. The van der Waals surface area contributed by atoms with Crippen molar-refractivity contribution in [1.82, 2.24) is 24.2 Å². The maximum absolute atomic E-state index is 12.6. The number of H-pyrrole nitrogens is 1. The molecule has 3 N–H and O–H groups in total. The van der Waals surface area contributed by atoms with Crippen LogP contribution in [0.25, 0.3) is 11.0 Å². The molecule has 2 unspecified atom stereocenters. The van der Waals surface area contributed by atoms with E-state index >= 15 is 0 Å². The minimum atomic E-state index is -0.241. The van der Waals surface area contributed by atoms with Gasteiger partial charge < -0.3 is 19.9 Å². The summed E-state index contributed by atoms with van der Waals surface area (Å²) in [5.74, 6) is 1.17. The lowest BCUT2D eigenvalue weighted by atomic mass is 10.0. The molecule has 0 aromatic carbocycles. The van der Waals surface area contributed by atoms with E-state index in [1.54, 1.807) is 6.20 Å². The number of pyridine rings is 1. The highest BCUT2D eigenvalue weighted by Gasteiger charge is 2.44. The number of aliphatic hydroxyl groups excluding tert-OH is 1. The first-order valence-corrected chi connectivity index (χ1v) is 10.9. The SMILES string of the molecule is CN(c1c(C#N)cnc2[nH]ccc12)C1CC2CN(C(=O)Nc3nc(CO)ns3)C[C@H]2C1. The lowest BCUT2D eigenvalue weighted by Crippen LogP contribution is -2.36. The van der Waals surface area contributed by atoms with E-state index in [4.69, 9.17) is 5.11 Å². The molecular formula is C20H22N8O2S. The molecule has 1 aliphatic carbocycles. The quantitative estimate of drug-likeness (QED) is 0.568. The number of fused-ring (bicyclic) bond motifs is 2. The van der Waals surface area contributed by atoms with Crippen LogP contribution in [-0.2, 0) is 6.61 Å². The molecule has 0 radical (unpaired) electrons. The van der Waals surface area contributed by atoms with Crippen molar-refractivity contribution in [2.45, 2.75) is 25.5 Å². The highest BCUT2D eigenvalue weighted by molar-refractivity contribution is 7.09. The summed E-state index contributed by atoms with van der Waals surface area (Å²) in [5, 5.41) is 22.8. The summed E-state index contributed by atoms with van der Waals surface area (Å²) >= 11 is 1.07. The van der Waals surface area contributed by atoms with E-state index < -0.39 is 0 Å². The third kappa shape index (κ3) is 3.47. The lowest BCUT2D eigenvalue weighted by Gasteiger charge is -2.29. The average Bonchev–Trinajstić information content (AvgIpc) is 3.54. The van der Waals surface area contributed by atoms with Crippen LogP contribution in [0.1, 0.15) is 24.2 Å². The summed E-state index contributed by atoms with van der Waals surface area (Å²) in [6, 6.07) is 4.38. The number of aliphatic hydroxyl groups is 1. The van der Waals surface area contributed by atoms with Gasteiger partial charge in [0.1, 0.15) is 18.3 Å². The van der Waals surface area contributed by atoms with Crippen LogP contribution < -0.4 is 10.2 Å². The maximum Gasteiger partial charge on any atom is 0.323 e. The van der Waals surface area contributed by atoms with Gasteiger partial charge in [0.15, 0.2) is 5.82 Å². The number of nitriles is 1. The van der Waals surface area contributed by atoms with Gasteiger partial charge >= 0.3 is 6.03 Å². The predicted molar refractivity (Wildman–Crippen MR) is 116 cm³/mol. The molecule has 2 fully saturated rings. The van der Waals surface area contributed by atoms with Crippen LogP contribution in [-0.4, -0.2) is 61.5 Å². The van der Waals surface area contributed by atoms with Crippen LogP contribution in [0.4, 0.5) is 15.6 Å². The van der Waals surface area contributed by atoms with Crippen LogP contribution in [0.15, 0.2) is 18.5 Å². The number of likely N-dealkylation sites (tertiary alicyclic amines) is 1. The molecule has 0 bridgehead atoms. The van der Waals surface area contributed by atoms with Crippen LogP contribution in [0.2, 0.25) is 0 Å². The molecule has 2 aliphatic rings. The number of nitrogens with one attached hydrogen (secondary N) is 2. The summed E-state index contributed by atoms with van der Waals surface area (Å²) < 4.78 is 3.97. The smallest absolute Gasteiger partial charge is 0.323 e. The first-order chi connectivity index (χ1) is 15.1. The molecule has 1 saturated carbocycles. The molecular weight excluding hydrogens is 416 g/mol. The van der Waals surface area contributed by atoms with Gasteiger partial charge in [-0.2, -0.15) is 9.64 Å². The fourth-order valence-corrected chi connectivity index (χ4v) is 5.50. The van der Waals surface area contributed by atoms with E-state index in [0.717, 1.165) is 41.1 Å². The van der Waals surface area contributed by atoms with Gasteiger partial charge in [0.25, 0.3) is 0 Å². The zero-order valence-corrected chi connectivity index (χ0v) is 17.8. The number of anilines is 2. The number of aromatic amines is 1. The second-order valence-electron chi connectivity index (χ2n) is 8.14. The van der Waals surface area contributed by atoms with Crippen molar-refractivity contribution in [3.63, 3.8) is 0 Å². The van der Waals surface area contributed by atoms with Gasteiger partial charge in [-0.1, -0.05) is 0 Å². The molecule has 160 valence electrons. The predicted octanol–water partition coefficient (Wildman–Crippen LogP) is 2.16. The molecule has 2 amide bonds. The number of carbonyl (C=O) groups excluding carboxylic acids is 1. The van der Waals surface area contributed by atoms with Gasteiger partial charge in [0.2, 0.25) is 5.13 Å². The Morgan fingerprint density at radius 2 is 2.23 bits per heavy atom. The number of nitrogens with zero attached hydrogens (tertiary/aromatic N) is 6. The fraction of sp³-hybridized carbons (Fsp3) is 0.450. The van der Waals surface area contributed by atoms with Crippen LogP contribution in [0.3, 0.4) is 0 Å². The first-order valence-electron chi connectivity index (χ1n) is 10.2. The Morgan fingerprint density at radius 3 is 2.90 bits per heavy atom. The topological polar surface area (TPSA) is 134 Å². The van der Waals surface area contributed by atoms with Gasteiger partial charge in [-0.05, 0) is 30.7 Å². The Balaban J connectivity index is 1.26. The van der Waals surface area contributed by atoms with Crippen LogP contribution in [0, 0.1) is 23.2 Å². The molecule has 3 aromatic rings. The van der Waals surface area contributed by atoms with Crippen molar-refractivity contribution >= 4 is 39.4 Å². The van der Waals surface area contributed by atoms with Crippen LogP contribution in [0.5, 0.6) is 0 Å². The summed E-state index contributed by atoms with van der Waals surface area (Å²) in [6.07, 6.45) is 5.41. The van der Waals surface area contributed by atoms with Crippen molar-refractivity contribution in [2.24, 2.45) is 11.8 Å². The Kier molecular flexibility index (Phi) is 4.95. The van der Waals surface area contributed by atoms with Crippen molar-refractivity contribution in [2.75, 3.05) is 30.4 Å². The Morgan fingerprint density at radius 1 is 1.45 bits per heavy atom. The van der Waals surface area contributed by atoms with E-state index in [1.165, 1.54) is 0 Å². The number of aromatic nitrogens is 4. The minimum Gasteiger partial charge on any atom is -0.388 e. The first kappa shape index (κ1) is 19.7. The standard InChI is InChI=1S/C20H22N8O2S/c1-27(17-13(6-21)7-23-18-15(17)2-3-22-18)14-4-11-8-28(9-12(11)5-14)20(30)25-19-24-16(10-29)26-31-19/h2-3,7,11-12,14,29H,4-5,8-10H2,1H3,(H,22,23)(H,24,25,26,30)/t11-,12?,14?/m1/s1. The number of amides is 2. The van der Waals surface area contributed by atoms with E-state index in [2.05, 4.69) is 35.6 Å². The molecule has 1 saturated heterocycles. The number of hydrogen-bond acceptors (Lipinski definition) is 8.